The fourth-order valence-corrected chi connectivity index (χ4v) is 6.12. The summed E-state index contributed by atoms with van der Waals surface area (Å²) in [5, 5.41) is 2.94. The van der Waals surface area contributed by atoms with Crippen molar-refractivity contribution < 1.29 is 27.5 Å². The summed E-state index contributed by atoms with van der Waals surface area (Å²) in [5.41, 5.74) is 1.03. The van der Waals surface area contributed by atoms with Crippen LogP contribution in [0.25, 0.3) is 0 Å². The summed E-state index contributed by atoms with van der Waals surface area (Å²) in [5.74, 6) is 0.324. The van der Waals surface area contributed by atoms with E-state index in [0.29, 0.717) is 23.8 Å². The van der Waals surface area contributed by atoms with E-state index in [1.165, 1.54) is 28.8 Å². The molecule has 11 heteroatoms. The zero-order valence-corrected chi connectivity index (χ0v) is 27.2. The van der Waals surface area contributed by atoms with Crippen LogP contribution in [0, 0.1) is 0 Å². The van der Waals surface area contributed by atoms with Crippen LogP contribution >= 0.6 is 11.8 Å². The van der Waals surface area contributed by atoms with Crippen LogP contribution in [0.4, 0.5) is 5.69 Å². The summed E-state index contributed by atoms with van der Waals surface area (Å²) >= 11 is 1.50. The Morgan fingerprint density at radius 3 is 2.21 bits per heavy atom. The number of hydrogen-bond acceptors (Lipinski definition) is 7. The van der Waals surface area contributed by atoms with Gasteiger partial charge in [-0.25, -0.2) is 8.42 Å². The second kappa shape index (κ2) is 15.7. The second-order valence-electron chi connectivity index (χ2n) is 9.98. The van der Waals surface area contributed by atoms with Gasteiger partial charge in [0, 0.05) is 17.5 Å². The zero-order chi connectivity index (χ0) is 31.6. The third-order valence-corrected chi connectivity index (χ3v) is 9.55. The van der Waals surface area contributed by atoms with Gasteiger partial charge in [0.1, 0.15) is 24.1 Å². The van der Waals surface area contributed by atoms with Crippen molar-refractivity contribution in [2.24, 2.45) is 0 Å². The molecule has 0 spiro atoms. The number of amides is 2. The molecule has 3 aromatic carbocycles. The molecule has 0 radical (unpaired) electrons. The highest BCUT2D eigenvalue weighted by Crippen LogP contribution is 2.28. The largest absolute Gasteiger partial charge is 0.497 e. The monoisotopic (exact) mass is 627 g/mol. The smallest absolute Gasteiger partial charge is 0.264 e. The molecule has 0 aliphatic carbocycles. The molecule has 0 bridgehead atoms. The van der Waals surface area contributed by atoms with Crippen molar-refractivity contribution >= 4 is 39.3 Å². The van der Waals surface area contributed by atoms with E-state index in [2.05, 4.69) is 5.32 Å². The highest BCUT2D eigenvalue weighted by molar-refractivity contribution is 7.98. The van der Waals surface area contributed by atoms with Crippen molar-refractivity contribution in [1.82, 2.24) is 10.2 Å². The molecule has 0 aliphatic heterocycles. The number of anilines is 1. The molecule has 43 heavy (non-hydrogen) atoms. The van der Waals surface area contributed by atoms with Crippen molar-refractivity contribution in [2.45, 2.75) is 62.5 Å². The van der Waals surface area contributed by atoms with E-state index in [-0.39, 0.29) is 23.4 Å². The summed E-state index contributed by atoms with van der Waals surface area (Å²) in [6.45, 7) is 7.36. The van der Waals surface area contributed by atoms with Crippen LogP contribution in [0.2, 0.25) is 0 Å². The molecule has 232 valence electrons. The first-order chi connectivity index (χ1) is 20.5. The van der Waals surface area contributed by atoms with E-state index >= 15 is 0 Å². The van der Waals surface area contributed by atoms with Gasteiger partial charge in [-0.1, -0.05) is 19.1 Å². The maximum Gasteiger partial charge on any atom is 0.264 e. The molecule has 3 rings (SSSR count). The number of methoxy groups -OCH3 is 1. The highest BCUT2D eigenvalue weighted by Gasteiger charge is 2.33. The molecule has 0 aliphatic rings. The predicted molar refractivity (Wildman–Crippen MR) is 171 cm³/mol. The minimum absolute atomic E-state index is 0.0499. The first-order valence-electron chi connectivity index (χ1n) is 14.2. The molecule has 0 saturated carbocycles. The maximum absolute atomic E-state index is 14.1. The number of hydrogen-bond donors (Lipinski definition) is 1. The molecule has 2 atom stereocenters. The molecule has 2 amide bonds. The van der Waals surface area contributed by atoms with Gasteiger partial charge >= 0.3 is 0 Å². The van der Waals surface area contributed by atoms with Crippen LogP contribution in [-0.2, 0) is 26.2 Å². The fraction of sp³-hybridized carbons (Fsp3) is 0.375. The number of benzene rings is 3. The van der Waals surface area contributed by atoms with E-state index in [0.717, 1.165) is 21.2 Å². The molecule has 0 aromatic heterocycles. The number of sulfonamides is 1. The quantitative estimate of drug-likeness (QED) is 0.227. The van der Waals surface area contributed by atoms with Crippen LogP contribution in [0.3, 0.4) is 0 Å². The van der Waals surface area contributed by atoms with Crippen molar-refractivity contribution in [2.75, 3.05) is 30.8 Å². The van der Waals surface area contributed by atoms with Crippen LogP contribution < -0.4 is 19.1 Å². The molecule has 1 N–H and O–H groups in total. The van der Waals surface area contributed by atoms with Gasteiger partial charge in [0.2, 0.25) is 11.8 Å². The minimum atomic E-state index is -4.17. The standard InChI is InChI=1S/C32H41N3O6S2/c1-7-23(3)33-32(37)24(4)34(21-25-10-9-11-28(20-25)40-5)31(36)22-35(26-12-14-27(15-13-26)41-8-2)43(38,39)30-18-16-29(42-6)17-19-30/h9-20,23-24H,7-8,21-22H2,1-6H3,(H,33,37)/t23-,24-/m1/s1. The molecule has 0 heterocycles. The molecule has 0 saturated heterocycles. The molecule has 0 unspecified atom stereocenters. The number of nitrogens with one attached hydrogen (secondary N) is 1. The van der Waals surface area contributed by atoms with Gasteiger partial charge in [0.25, 0.3) is 10.0 Å². The van der Waals surface area contributed by atoms with E-state index in [1.807, 2.05) is 33.1 Å². The summed E-state index contributed by atoms with van der Waals surface area (Å²) in [6.07, 6.45) is 2.63. The Balaban J connectivity index is 2.04. The lowest BCUT2D eigenvalue weighted by Crippen LogP contribution is -2.52. The van der Waals surface area contributed by atoms with Gasteiger partial charge in [-0.3, -0.25) is 13.9 Å². The normalized spacial score (nSPS) is 12.6. The highest BCUT2D eigenvalue weighted by atomic mass is 32.2. The number of carbonyl (C=O) groups excluding carboxylic acids is 2. The number of rotatable bonds is 15. The van der Waals surface area contributed by atoms with Crippen LogP contribution in [0.5, 0.6) is 11.5 Å². The third kappa shape index (κ3) is 8.90. The van der Waals surface area contributed by atoms with E-state index < -0.39 is 28.5 Å². The van der Waals surface area contributed by atoms with E-state index in [1.54, 1.807) is 68.6 Å². The number of nitrogens with zero attached hydrogens (tertiary/aromatic N) is 2. The number of thioether (sulfide) groups is 1. The number of carbonyl (C=O) groups is 2. The minimum Gasteiger partial charge on any atom is -0.497 e. The Kier molecular flexibility index (Phi) is 12.3. The third-order valence-electron chi connectivity index (χ3n) is 7.02. The Morgan fingerprint density at radius 1 is 0.953 bits per heavy atom. The lowest BCUT2D eigenvalue weighted by molar-refractivity contribution is -0.139. The van der Waals surface area contributed by atoms with Crippen molar-refractivity contribution in [3.63, 3.8) is 0 Å². The Labute approximate surface area is 259 Å². The topological polar surface area (TPSA) is 105 Å². The lowest BCUT2D eigenvalue weighted by atomic mass is 10.1. The molecular formula is C32H41N3O6S2. The predicted octanol–water partition coefficient (Wildman–Crippen LogP) is 5.34. The fourth-order valence-electron chi connectivity index (χ4n) is 4.29. The maximum atomic E-state index is 14.1. The van der Waals surface area contributed by atoms with Gasteiger partial charge in [0.05, 0.1) is 24.3 Å². The Bertz CT molecular complexity index is 1460. The first kappa shape index (κ1) is 33.8. The van der Waals surface area contributed by atoms with Crippen molar-refractivity contribution in [3.05, 3.63) is 78.4 Å². The molecule has 0 fully saturated rings. The summed E-state index contributed by atoms with van der Waals surface area (Å²) in [6, 6.07) is 19.3. The average Bonchev–Trinajstić information content (AvgIpc) is 3.02. The molecular weight excluding hydrogens is 587 g/mol. The second-order valence-corrected chi connectivity index (χ2v) is 12.7. The lowest BCUT2D eigenvalue weighted by Gasteiger charge is -2.32. The Morgan fingerprint density at radius 2 is 1.63 bits per heavy atom. The van der Waals surface area contributed by atoms with Gasteiger partial charge in [-0.15, -0.1) is 11.8 Å². The van der Waals surface area contributed by atoms with Crippen LogP contribution in [0.1, 0.15) is 39.7 Å². The van der Waals surface area contributed by atoms with Crippen molar-refractivity contribution in [1.29, 1.82) is 0 Å². The summed E-state index contributed by atoms with van der Waals surface area (Å²) < 4.78 is 40.1. The van der Waals surface area contributed by atoms with E-state index in [4.69, 9.17) is 9.47 Å². The summed E-state index contributed by atoms with van der Waals surface area (Å²) in [4.78, 5) is 29.7. The van der Waals surface area contributed by atoms with Gasteiger partial charge < -0.3 is 19.7 Å². The average molecular weight is 628 g/mol. The summed E-state index contributed by atoms with van der Waals surface area (Å²) in [7, 11) is -2.62. The van der Waals surface area contributed by atoms with Gasteiger partial charge in [0.15, 0.2) is 0 Å². The first-order valence-corrected chi connectivity index (χ1v) is 16.8. The van der Waals surface area contributed by atoms with E-state index in [9.17, 15) is 18.0 Å². The van der Waals surface area contributed by atoms with Crippen LogP contribution in [0.15, 0.2) is 82.6 Å². The SMILES string of the molecule is CCOc1ccc(N(CC(=O)N(Cc2cccc(OC)c2)[C@H](C)C(=O)N[C@H](C)CC)S(=O)(=O)c2ccc(SC)cc2)cc1. The zero-order valence-electron chi connectivity index (χ0n) is 25.6. The Hall–Kier alpha value is -3.70. The van der Waals surface area contributed by atoms with Gasteiger partial charge in [-0.2, -0.15) is 0 Å². The molecule has 9 nitrogen and oxygen atoms in total. The molecule has 3 aromatic rings. The van der Waals surface area contributed by atoms with Crippen molar-refractivity contribution in [3.8, 4) is 11.5 Å². The van der Waals surface area contributed by atoms with Gasteiger partial charge in [-0.05, 0) is 99.7 Å². The van der Waals surface area contributed by atoms with Crippen LogP contribution in [-0.4, -0.2) is 63.7 Å². The number of ether oxygens (including phenoxy) is 2.